The Hall–Kier alpha value is -1.64. The zero-order valence-electron chi connectivity index (χ0n) is 11.2. The summed E-state index contributed by atoms with van der Waals surface area (Å²) in [6, 6.07) is 3.26. The van der Waals surface area contributed by atoms with Crippen LogP contribution in [0.1, 0.15) is 24.2 Å². The molecule has 2 aromatic heterocycles. The van der Waals surface area contributed by atoms with Crippen LogP contribution in [-0.4, -0.2) is 34.8 Å². The van der Waals surface area contributed by atoms with E-state index in [9.17, 15) is 9.59 Å². The summed E-state index contributed by atoms with van der Waals surface area (Å²) in [5.41, 5.74) is 0.751. The average molecular weight is 388 g/mol. The fourth-order valence-electron chi connectivity index (χ4n) is 1.76. The normalized spacial score (nSPS) is 10.8. The van der Waals surface area contributed by atoms with E-state index in [4.69, 9.17) is 9.47 Å². The Bertz CT molecular complexity index is 678. The molecule has 0 saturated carbocycles. The number of ether oxygens (including phenoxy) is 2. The van der Waals surface area contributed by atoms with Gasteiger partial charge in [0.05, 0.1) is 18.8 Å². The number of esters is 1. The highest BCUT2D eigenvalue weighted by Gasteiger charge is 2.19. The van der Waals surface area contributed by atoms with E-state index < -0.39 is 12.1 Å². The second-order valence-corrected chi connectivity index (χ2v) is 5.44. The molecule has 0 unspecified atom stereocenters. The molecular weight excluding hydrogens is 375 g/mol. The van der Waals surface area contributed by atoms with Gasteiger partial charge in [0.2, 0.25) is 0 Å². The summed E-state index contributed by atoms with van der Waals surface area (Å²) in [6.45, 7) is 3.53. The van der Waals surface area contributed by atoms with Gasteiger partial charge in [-0.2, -0.15) is 0 Å². The molecule has 0 bridgehead atoms. The lowest BCUT2D eigenvalue weighted by Crippen LogP contribution is -2.17. The molecular formula is C13H13IN2O4. The summed E-state index contributed by atoms with van der Waals surface area (Å²) >= 11 is 1.98. The first-order valence-corrected chi connectivity index (χ1v) is 6.98. The number of carbonyl (C=O) groups is 2. The van der Waals surface area contributed by atoms with Crippen molar-refractivity contribution in [2.45, 2.75) is 20.0 Å². The minimum atomic E-state index is -0.527. The van der Waals surface area contributed by atoms with E-state index in [0.29, 0.717) is 20.3 Å². The molecule has 0 spiro atoms. The predicted molar refractivity (Wildman–Crippen MR) is 80.8 cm³/mol. The van der Waals surface area contributed by atoms with Crippen LogP contribution in [0.3, 0.4) is 0 Å². The van der Waals surface area contributed by atoms with Gasteiger partial charge in [0, 0.05) is 11.6 Å². The van der Waals surface area contributed by atoms with Gasteiger partial charge in [-0.25, -0.2) is 19.1 Å². The summed E-state index contributed by atoms with van der Waals surface area (Å²) < 4.78 is 11.7. The number of halogens is 1. The van der Waals surface area contributed by atoms with Crippen LogP contribution >= 0.6 is 22.6 Å². The quantitative estimate of drug-likeness (QED) is 0.450. The number of nitrogens with zero attached hydrogens (tertiary/aromatic N) is 2. The lowest BCUT2D eigenvalue weighted by atomic mass is 10.2. The number of aromatic nitrogens is 2. The van der Waals surface area contributed by atoms with Gasteiger partial charge in [-0.3, -0.25) is 0 Å². The predicted octanol–water partition coefficient (Wildman–Crippen LogP) is 2.82. The Morgan fingerprint density at radius 3 is 2.70 bits per heavy atom. The zero-order chi connectivity index (χ0) is 14.9. The lowest BCUT2D eigenvalue weighted by molar-refractivity contribution is 0.0602. The van der Waals surface area contributed by atoms with Crippen LogP contribution in [0.4, 0.5) is 4.79 Å². The van der Waals surface area contributed by atoms with E-state index in [1.54, 1.807) is 26.0 Å². The largest absolute Gasteiger partial charge is 0.465 e. The van der Waals surface area contributed by atoms with Crippen LogP contribution in [0.2, 0.25) is 0 Å². The van der Waals surface area contributed by atoms with Crippen LogP contribution in [0.15, 0.2) is 18.3 Å². The fourth-order valence-corrected chi connectivity index (χ4v) is 2.30. The van der Waals surface area contributed by atoms with Crippen molar-refractivity contribution < 1.29 is 19.1 Å². The summed E-state index contributed by atoms with van der Waals surface area (Å²) in [7, 11) is 1.31. The third-order valence-electron chi connectivity index (χ3n) is 2.56. The highest BCUT2D eigenvalue weighted by molar-refractivity contribution is 14.1. The topological polar surface area (TPSA) is 70.4 Å². The molecule has 0 N–H and O–H groups in total. The number of rotatable bonds is 2. The maximum Gasteiger partial charge on any atom is 0.419 e. The minimum Gasteiger partial charge on any atom is -0.465 e. The molecule has 2 heterocycles. The summed E-state index contributed by atoms with van der Waals surface area (Å²) in [6.07, 6.45) is 0.772. The molecule has 0 saturated heterocycles. The first-order chi connectivity index (χ1) is 9.43. The van der Waals surface area contributed by atoms with E-state index in [2.05, 4.69) is 4.98 Å². The third-order valence-corrected chi connectivity index (χ3v) is 3.12. The van der Waals surface area contributed by atoms with Gasteiger partial charge < -0.3 is 9.47 Å². The zero-order valence-corrected chi connectivity index (χ0v) is 13.4. The van der Waals surface area contributed by atoms with Crippen molar-refractivity contribution in [3.05, 3.63) is 27.6 Å². The van der Waals surface area contributed by atoms with Crippen LogP contribution in [0.25, 0.3) is 11.0 Å². The van der Waals surface area contributed by atoms with E-state index in [-0.39, 0.29) is 6.10 Å². The van der Waals surface area contributed by atoms with Crippen molar-refractivity contribution in [2.75, 3.05) is 7.11 Å². The van der Waals surface area contributed by atoms with Crippen molar-refractivity contribution in [3.8, 4) is 0 Å². The number of hydrogen-bond donors (Lipinski definition) is 0. The van der Waals surface area contributed by atoms with Crippen LogP contribution in [0, 0.1) is 3.70 Å². The first-order valence-electron chi connectivity index (χ1n) is 5.91. The molecule has 2 rings (SSSR count). The molecule has 0 aliphatic rings. The van der Waals surface area contributed by atoms with E-state index in [0.717, 1.165) is 0 Å². The fraction of sp³-hybridized carbons (Fsp3) is 0.308. The molecule has 106 valence electrons. The summed E-state index contributed by atoms with van der Waals surface area (Å²) in [5, 5.41) is 0.554. The van der Waals surface area contributed by atoms with Crippen molar-refractivity contribution in [2.24, 2.45) is 0 Å². The molecule has 0 aliphatic carbocycles. The molecule has 0 fully saturated rings. The maximum absolute atomic E-state index is 12.0. The van der Waals surface area contributed by atoms with E-state index in [1.807, 2.05) is 22.6 Å². The number of hydrogen-bond acceptors (Lipinski definition) is 5. The minimum absolute atomic E-state index is 0.234. The number of pyridine rings is 1. The number of methoxy groups -OCH3 is 1. The Balaban J connectivity index is 2.58. The Labute approximate surface area is 129 Å². The Morgan fingerprint density at radius 2 is 2.10 bits per heavy atom. The molecule has 20 heavy (non-hydrogen) atoms. The van der Waals surface area contributed by atoms with Crippen molar-refractivity contribution in [1.82, 2.24) is 9.55 Å². The van der Waals surface area contributed by atoms with Gasteiger partial charge in [-0.05, 0) is 48.6 Å². The van der Waals surface area contributed by atoms with Gasteiger partial charge in [-0.15, -0.1) is 0 Å². The van der Waals surface area contributed by atoms with Gasteiger partial charge in [0.25, 0.3) is 0 Å². The van der Waals surface area contributed by atoms with Gasteiger partial charge >= 0.3 is 12.1 Å². The van der Waals surface area contributed by atoms with E-state index >= 15 is 0 Å². The van der Waals surface area contributed by atoms with Crippen LogP contribution in [-0.2, 0) is 9.47 Å². The summed E-state index contributed by atoms with van der Waals surface area (Å²) in [4.78, 5) is 28.0. The van der Waals surface area contributed by atoms with Crippen molar-refractivity contribution >= 4 is 45.7 Å². The highest BCUT2D eigenvalue weighted by Crippen LogP contribution is 2.22. The molecule has 0 radical (unpaired) electrons. The van der Waals surface area contributed by atoms with Crippen molar-refractivity contribution in [3.63, 3.8) is 0 Å². The lowest BCUT2D eigenvalue weighted by Gasteiger charge is -2.09. The molecule has 0 amide bonds. The standard InChI is InChI=1S/C13H13IN2O4/c1-7(2)20-13(18)16-5-4-8-9(12(17)19-3)6-10(14)15-11(8)16/h4-7H,1-3H3. The highest BCUT2D eigenvalue weighted by atomic mass is 127. The molecule has 0 aliphatic heterocycles. The molecule has 0 atom stereocenters. The van der Waals surface area contributed by atoms with Crippen LogP contribution in [0.5, 0.6) is 0 Å². The van der Waals surface area contributed by atoms with Gasteiger partial charge in [0.15, 0.2) is 5.65 Å². The number of fused-ring (bicyclic) bond motifs is 1. The second-order valence-electron chi connectivity index (χ2n) is 4.34. The van der Waals surface area contributed by atoms with E-state index in [1.165, 1.54) is 17.9 Å². The smallest absolute Gasteiger partial charge is 0.419 e. The second kappa shape index (κ2) is 5.78. The molecule has 6 nitrogen and oxygen atoms in total. The SMILES string of the molecule is COC(=O)c1cc(I)nc2c1ccn2C(=O)OC(C)C. The van der Waals surface area contributed by atoms with Gasteiger partial charge in [0.1, 0.15) is 3.70 Å². The molecule has 7 heteroatoms. The first kappa shape index (κ1) is 14.8. The maximum atomic E-state index is 12.0. The van der Waals surface area contributed by atoms with Crippen LogP contribution < -0.4 is 0 Å². The van der Waals surface area contributed by atoms with Crippen molar-refractivity contribution in [1.29, 1.82) is 0 Å². The average Bonchev–Trinajstić information content (AvgIpc) is 2.79. The molecule has 2 aromatic rings. The Morgan fingerprint density at radius 1 is 1.40 bits per heavy atom. The van der Waals surface area contributed by atoms with Gasteiger partial charge in [-0.1, -0.05) is 0 Å². The Kier molecular flexibility index (Phi) is 4.26. The molecule has 0 aromatic carbocycles. The summed E-state index contributed by atoms with van der Waals surface area (Å²) in [5.74, 6) is -0.467. The third kappa shape index (κ3) is 2.77. The monoisotopic (exact) mass is 388 g/mol. The number of carbonyl (C=O) groups excluding carboxylic acids is 2.